The van der Waals surface area contributed by atoms with E-state index in [1.54, 1.807) is 0 Å². The van der Waals surface area contributed by atoms with Crippen molar-refractivity contribution in [1.29, 1.82) is 0 Å². The molecule has 1 rings (SSSR count). The van der Waals surface area contributed by atoms with Crippen LogP contribution in [0, 0.1) is 5.92 Å². The number of nitrogens with one attached hydrogen (secondary N) is 1. The van der Waals surface area contributed by atoms with Crippen LogP contribution in [0.15, 0.2) is 24.3 Å². The Morgan fingerprint density at radius 3 is 2.33 bits per heavy atom. The zero-order chi connectivity index (χ0) is 13.5. The molecule has 0 saturated carbocycles. The quantitative estimate of drug-likeness (QED) is 0.788. The van der Waals surface area contributed by atoms with Crippen molar-refractivity contribution in [2.75, 3.05) is 13.7 Å². The smallest absolute Gasteiger partial charge is 0.309 e. The van der Waals surface area contributed by atoms with Gasteiger partial charge in [0.05, 0.1) is 13.0 Å². The molecule has 1 atom stereocenters. The maximum absolute atomic E-state index is 11.2. The van der Waals surface area contributed by atoms with Gasteiger partial charge in [-0.05, 0) is 17.0 Å². The molecule has 0 radical (unpaired) electrons. The monoisotopic (exact) mass is 249 g/mol. The molecule has 1 aromatic rings. The highest BCUT2D eigenvalue weighted by atomic mass is 16.5. The van der Waals surface area contributed by atoms with Gasteiger partial charge in [0.15, 0.2) is 0 Å². The van der Waals surface area contributed by atoms with Gasteiger partial charge >= 0.3 is 5.97 Å². The van der Waals surface area contributed by atoms with Gasteiger partial charge in [-0.15, -0.1) is 0 Å². The SMILES string of the molecule is COC(=O)C(C)CNCc1ccc(C(C)C)cc1. The van der Waals surface area contributed by atoms with Gasteiger partial charge in [0.25, 0.3) is 0 Å². The van der Waals surface area contributed by atoms with Gasteiger partial charge in [-0.2, -0.15) is 0 Å². The molecule has 0 aliphatic carbocycles. The molecule has 0 amide bonds. The predicted molar refractivity (Wildman–Crippen MR) is 73.4 cm³/mol. The van der Waals surface area contributed by atoms with E-state index in [4.69, 9.17) is 0 Å². The van der Waals surface area contributed by atoms with Crippen molar-refractivity contribution in [2.45, 2.75) is 33.2 Å². The Balaban J connectivity index is 2.38. The lowest BCUT2D eigenvalue weighted by Crippen LogP contribution is -2.26. The standard InChI is InChI=1S/C15H23NO2/c1-11(2)14-7-5-13(6-8-14)10-16-9-12(3)15(17)18-4/h5-8,11-12,16H,9-10H2,1-4H3. The Morgan fingerprint density at radius 1 is 1.22 bits per heavy atom. The summed E-state index contributed by atoms with van der Waals surface area (Å²) in [7, 11) is 1.42. The average molecular weight is 249 g/mol. The fourth-order valence-electron chi connectivity index (χ4n) is 1.74. The molecule has 3 nitrogen and oxygen atoms in total. The third-order valence-electron chi connectivity index (χ3n) is 3.03. The van der Waals surface area contributed by atoms with Gasteiger partial charge in [0.1, 0.15) is 0 Å². The Bertz CT molecular complexity index is 371. The highest BCUT2D eigenvalue weighted by Crippen LogP contribution is 2.14. The molecule has 3 heteroatoms. The molecular weight excluding hydrogens is 226 g/mol. The molecule has 0 aliphatic rings. The van der Waals surface area contributed by atoms with E-state index in [0.717, 1.165) is 6.54 Å². The maximum Gasteiger partial charge on any atom is 0.309 e. The summed E-state index contributed by atoms with van der Waals surface area (Å²) in [6.07, 6.45) is 0. The average Bonchev–Trinajstić information content (AvgIpc) is 2.38. The molecule has 1 N–H and O–H groups in total. The second-order valence-corrected chi connectivity index (χ2v) is 4.95. The van der Waals surface area contributed by atoms with Crippen LogP contribution >= 0.6 is 0 Å². The fourth-order valence-corrected chi connectivity index (χ4v) is 1.74. The first-order valence-electron chi connectivity index (χ1n) is 6.42. The second kappa shape index (κ2) is 7.17. The lowest BCUT2D eigenvalue weighted by atomic mass is 10.0. The first-order valence-corrected chi connectivity index (χ1v) is 6.42. The highest BCUT2D eigenvalue weighted by molar-refractivity contribution is 5.72. The zero-order valence-corrected chi connectivity index (χ0v) is 11.7. The van der Waals surface area contributed by atoms with E-state index in [9.17, 15) is 4.79 Å². The summed E-state index contributed by atoms with van der Waals surface area (Å²) in [5.74, 6) is 0.286. The van der Waals surface area contributed by atoms with E-state index in [2.05, 4.69) is 48.2 Å². The predicted octanol–water partition coefficient (Wildman–Crippen LogP) is 2.71. The molecule has 0 fully saturated rings. The number of esters is 1. The fraction of sp³-hybridized carbons (Fsp3) is 0.533. The Morgan fingerprint density at radius 2 is 1.83 bits per heavy atom. The van der Waals surface area contributed by atoms with Crippen molar-refractivity contribution in [3.8, 4) is 0 Å². The molecule has 0 aromatic heterocycles. The van der Waals surface area contributed by atoms with Gasteiger partial charge in [0.2, 0.25) is 0 Å². The maximum atomic E-state index is 11.2. The van der Waals surface area contributed by atoms with Gasteiger partial charge < -0.3 is 10.1 Å². The number of carbonyl (C=O) groups is 1. The topological polar surface area (TPSA) is 38.3 Å². The minimum atomic E-state index is -0.169. The molecule has 0 spiro atoms. The Hall–Kier alpha value is -1.35. The number of benzene rings is 1. The van der Waals surface area contributed by atoms with E-state index in [1.807, 2.05) is 6.92 Å². The van der Waals surface area contributed by atoms with E-state index >= 15 is 0 Å². The first kappa shape index (κ1) is 14.7. The van der Waals surface area contributed by atoms with Crippen molar-refractivity contribution in [1.82, 2.24) is 5.32 Å². The number of hydrogen-bond donors (Lipinski definition) is 1. The minimum absolute atomic E-state index is 0.107. The van der Waals surface area contributed by atoms with Gasteiger partial charge in [-0.1, -0.05) is 45.0 Å². The van der Waals surface area contributed by atoms with Crippen LogP contribution in [-0.2, 0) is 16.1 Å². The van der Waals surface area contributed by atoms with Crippen LogP contribution in [-0.4, -0.2) is 19.6 Å². The van der Waals surface area contributed by atoms with Gasteiger partial charge in [-0.3, -0.25) is 4.79 Å². The molecule has 0 aliphatic heterocycles. The number of ether oxygens (including phenoxy) is 1. The van der Waals surface area contributed by atoms with E-state index in [0.29, 0.717) is 12.5 Å². The van der Waals surface area contributed by atoms with Crippen LogP contribution in [0.25, 0.3) is 0 Å². The number of carbonyl (C=O) groups excluding carboxylic acids is 1. The van der Waals surface area contributed by atoms with Crippen LogP contribution in [0.5, 0.6) is 0 Å². The summed E-state index contributed by atoms with van der Waals surface area (Å²) in [4.78, 5) is 11.2. The van der Waals surface area contributed by atoms with Crippen molar-refractivity contribution >= 4 is 5.97 Å². The molecule has 18 heavy (non-hydrogen) atoms. The molecule has 100 valence electrons. The highest BCUT2D eigenvalue weighted by Gasteiger charge is 2.11. The summed E-state index contributed by atoms with van der Waals surface area (Å²) in [5.41, 5.74) is 2.58. The third kappa shape index (κ3) is 4.49. The van der Waals surface area contributed by atoms with Crippen LogP contribution in [0.1, 0.15) is 37.8 Å². The van der Waals surface area contributed by atoms with Crippen molar-refractivity contribution in [3.63, 3.8) is 0 Å². The van der Waals surface area contributed by atoms with Gasteiger partial charge in [0, 0.05) is 13.1 Å². The largest absolute Gasteiger partial charge is 0.469 e. The molecule has 0 heterocycles. The molecule has 1 unspecified atom stereocenters. The lowest BCUT2D eigenvalue weighted by Gasteiger charge is -2.11. The number of methoxy groups -OCH3 is 1. The molecule has 0 saturated heterocycles. The first-order chi connectivity index (χ1) is 8.54. The summed E-state index contributed by atoms with van der Waals surface area (Å²) in [5, 5.41) is 3.26. The van der Waals surface area contributed by atoms with Crippen LogP contribution in [0.4, 0.5) is 0 Å². The number of rotatable bonds is 6. The summed E-state index contributed by atoms with van der Waals surface area (Å²) >= 11 is 0. The van der Waals surface area contributed by atoms with Crippen molar-refractivity contribution < 1.29 is 9.53 Å². The Kier molecular flexibility index (Phi) is 5.86. The van der Waals surface area contributed by atoms with Crippen LogP contribution in [0.2, 0.25) is 0 Å². The van der Waals surface area contributed by atoms with E-state index in [-0.39, 0.29) is 11.9 Å². The third-order valence-corrected chi connectivity index (χ3v) is 3.03. The molecular formula is C15H23NO2. The van der Waals surface area contributed by atoms with Crippen molar-refractivity contribution in [3.05, 3.63) is 35.4 Å². The van der Waals surface area contributed by atoms with Crippen LogP contribution in [0.3, 0.4) is 0 Å². The number of hydrogen-bond acceptors (Lipinski definition) is 3. The summed E-state index contributed by atoms with van der Waals surface area (Å²) in [6, 6.07) is 8.58. The zero-order valence-electron chi connectivity index (χ0n) is 11.7. The van der Waals surface area contributed by atoms with E-state index < -0.39 is 0 Å². The normalized spacial score (nSPS) is 12.5. The van der Waals surface area contributed by atoms with Crippen molar-refractivity contribution in [2.24, 2.45) is 5.92 Å². The minimum Gasteiger partial charge on any atom is -0.469 e. The Labute approximate surface area is 110 Å². The van der Waals surface area contributed by atoms with E-state index in [1.165, 1.54) is 18.2 Å². The lowest BCUT2D eigenvalue weighted by molar-refractivity contribution is -0.144. The summed E-state index contributed by atoms with van der Waals surface area (Å²) < 4.78 is 4.68. The second-order valence-electron chi connectivity index (χ2n) is 4.95. The molecule has 1 aromatic carbocycles. The van der Waals surface area contributed by atoms with Crippen LogP contribution < -0.4 is 5.32 Å². The summed E-state index contributed by atoms with van der Waals surface area (Å²) in [6.45, 7) is 7.65. The molecule has 0 bridgehead atoms. The van der Waals surface area contributed by atoms with Gasteiger partial charge in [-0.25, -0.2) is 0 Å².